The van der Waals surface area contributed by atoms with E-state index in [1.54, 1.807) is 0 Å². The highest BCUT2D eigenvalue weighted by Crippen LogP contribution is 2.10. The van der Waals surface area contributed by atoms with Gasteiger partial charge in [-0.05, 0) is 16.9 Å². The van der Waals surface area contributed by atoms with Crippen molar-refractivity contribution in [1.82, 2.24) is 0 Å². The largest absolute Gasteiger partial charge is 0.0785 e. The van der Waals surface area contributed by atoms with Crippen LogP contribution < -0.4 is 0 Å². The Morgan fingerprint density at radius 1 is 0.786 bits per heavy atom. The van der Waals surface area contributed by atoms with Crippen LogP contribution >= 0.6 is 22.6 Å². The number of hydrogen-bond acceptors (Lipinski definition) is 0. The lowest BCUT2D eigenvalue weighted by atomic mass is 10.1. The maximum atomic E-state index is 2.29. The van der Waals surface area contributed by atoms with Gasteiger partial charge >= 0.3 is 0 Å². The highest BCUT2D eigenvalue weighted by Gasteiger charge is 1.90. The summed E-state index contributed by atoms with van der Waals surface area (Å²) in [6.07, 6.45) is 16.4. The summed E-state index contributed by atoms with van der Waals surface area (Å²) in [6, 6.07) is 0. The van der Waals surface area contributed by atoms with E-state index in [-0.39, 0.29) is 0 Å². The third kappa shape index (κ3) is 12.5. The average Bonchev–Trinajstić information content (AvgIpc) is 2.21. The molecule has 0 N–H and O–H groups in total. The number of hydrogen-bond donors (Lipinski definition) is 0. The third-order valence-corrected chi connectivity index (χ3v) is 3.07. The van der Waals surface area contributed by atoms with Gasteiger partial charge in [0.2, 0.25) is 0 Å². The van der Waals surface area contributed by atoms with Crippen LogP contribution in [-0.4, -0.2) is 0 Å². The second kappa shape index (κ2) is 13.5. The second-order valence-corrected chi connectivity index (χ2v) is 4.70. The molecular formula is C13H25I. The van der Waals surface area contributed by atoms with Crippen LogP contribution in [0, 0.1) is 0 Å². The molecule has 0 aromatic rings. The zero-order valence-corrected chi connectivity index (χ0v) is 11.8. The van der Waals surface area contributed by atoms with Crippen LogP contribution in [0.2, 0.25) is 0 Å². The van der Waals surface area contributed by atoms with Gasteiger partial charge in [0.15, 0.2) is 0 Å². The molecule has 0 aromatic heterocycles. The van der Waals surface area contributed by atoms with Gasteiger partial charge in [0.1, 0.15) is 0 Å². The van der Waals surface area contributed by atoms with Crippen molar-refractivity contribution in [2.45, 2.75) is 71.1 Å². The molecule has 1 heteroatoms. The number of halogens is 1. The molecule has 0 spiro atoms. The van der Waals surface area contributed by atoms with Gasteiger partial charge in [-0.2, -0.15) is 0 Å². The molecule has 0 amide bonds. The van der Waals surface area contributed by atoms with Gasteiger partial charge in [-0.25, -0.2) is 0 Å². The van der Waals surface area contributed by atoms with Crippen LogP contribution in [0.15, 0.2) is 10.2 Å². The summed E-state index contributed by atoms with van der Waals surface area (Å²) >= 11 is 2.29. The number of allylic oxidation sites excluding steroid dienone is 1. The van der Waals surface area contributed by atoms with E-state index < -0.39 is 0 Å². The summed E-state index contributed by atoms with van der Waals surface area (Å²) in [5.74, 6) is 0. The van der Waals surface area contributed by atoms with Crippen molar-refractivity contribution >= 4 is 22.6 Å². The Hall–Kier alpha value is 0.470. The van der Waals surface area contributed by atoms with Crippen LogP contribution in [0.25, 0.3) is 0 Å². The van der Waals surface area contributed by atoms with Crippen molar-refractivity contribution < 1.29 is 0 Å². The van der Waals surface area contributed by atoms with E-state index in [0.717, 1.165) is 0 Å². The highest BCUT2D eigenvalue weighted by atomic mass is 127. The predicted molar refractivity (Wildman–Crippen MR) is 75.0 cm³/mol. The molecule has 0 aliphatic rings. The second-order valence-electron chi connectivity index (χ2n) is 3.98. The summed E-state index contributed by atoms with van der Waals surface area (Å²) in [5, 5.41) is 0. The van der Waals surface area contributed by atoms with Crippen LogP contribution in [0.3, 0.4) is 0 Å². The Morgan fingerprint density at radius 3 is 1.79 bits per heavy atom. The summed E-state index contributed by atoms with van der Waals surface area (Å²) in [5.41, 5.74) is 0. The molecule has 0 radical (unpaired) electrons. The molecule has 0 nitrogen and oxygen atoms in total. The molecule has 0 aliphatic carbocycles. The molecule has 14 heavy (non-hydrogen) atoms. The molecule has 84 valence electrons. The fraction of sp³-hybridized carbons (Fsp3) is 0.846. The lowest BCUT2D eigenvalue weighted by molar-refractivity contribution is 0.566. The standard InChI is InChI=1S/C13H25I/c1-2-3-4-5-6-7-8-9-10-11-12-13-14/h12-13H,2-11H2,1H3. The molecule has 0 rings (SSSR count). The van der Waals surface area contributed by atoms with E-state index in [2.05, 4.69) is 39.7 Å². The summed E-state index contributed by atoms with van der Waals surface area (Å²) in [6.45, 7) is 2.28. The molecule has 0 fully saturated rings. The van der Waals surface area contributed by atoms with Crippen molar-refractivity contribution in [2.24, 2.45) is 0 Å². The van der Waals surface area contributed by atoms with Crippen LogP contribution in [0.1, 0.15) is 71.1 Å². The van der Waals surface area contributed by atoms with Crippen molar-refractivity contribution in [2.75, 3.05) is 0 Å². The topological polar surface area (TPSA) is 0 Å². The highest BCUT2D eigenvalue weighted by molar-refractivity contribution is 14.1. The van der Waals surface area contributed by atoms with Crippen molar-refractivity contribution in [1.29, 1.82) is 0 Å². The van der Waals surface area contributed by atoms with Gasteiger partial charge in [0, 0.05) is 0 Å². The van der Waals surface area contributed by atoms with Gasteiger partial charge in [-0.3, -0.25) is 0 Å². The molecule has 0 heterocycles. The maximum Gasteiger partial charge on any atom is -0.0274 e. The first-order valence-corrected chi connectivity index (χ1v) is 7.41. The normalized spacial score (nSPS) is 11.3. The third-order valence-electron chi connectivity index (χ3n) is 2.56. The number of unbranched alkanes of at least 4 members (excludes halogenated alkanes) is 9. The van der Waals surface area contributed by atoms with Crippen LogP contribution in [0.4, 0.5) is 0 Å². The lowest BCUT2D eigenvalue weighted by Gasteiger charge is -2.00. The van der Waals surface area contributed by atoms with Gasteiger partial charge < -0.3 is 0 Å². The van der Waals surface area contributed by atoms with Crippen molar-refractivity contribution in [3.8, 4) is 0 Å². The zero-order chi connectivity index (χ0) is 10.5. The van der Waals surface area contributed by atoms with E-state index in [0.29, 0.717) is 0 Å². The lowest BCUT2D eigenvalue weighted by Crippen LogP contribution is -1.80. The van der Waals surface area contributed by atoms with Gasteiger partial charge in [0.05, 0.1) is 0 Å². The van der Waals surface area contributed by atoms with E-state index in [1.165, 1.54) is 64.2 Å². The monoisotopic (exact) mass is 308 g/mol. The van der Waals surface area contributed by atoms with E-state index in [1.807, 2.05) is 0 Å². The molecule has 0 atom stereocenters. The Balaban J connectivity index is 2.85. The smallest absolute Gasteiger partial charge is 0.0274 e. The molecular weight excluding hydrogens is 283 g/mol. The predicted octanol–water partition coefficient (Wildman–Crippen LogP) is 5.86. The first-order chi connectivity index (χ1) is 6.91. The fourth-order valence-corrected chi connectivity index (χ4v) is 2.00. The van der Waals surface area contributed by atoms with E-state index >= 15 is 0 Å². The molecule has 0 saturated carbocycles. The summed E-state index contributed by atoms with van der Waals surface area (Å²) in [4.78, 5) is 0. The van der Waals surface area contributed by atoms with Crippen LogP contribution in [0.5, 0.6) is 0 Å². The summed E-state index contributed by atoms with van der Waals surface area (Å²) in [7, 11) is 0. The zero-order valence-electron chi connectivity index (χ0n) is 9.60. The number of rotatable bonds is 10. The first kappa shape index (κ1) is 14.5. The minimum absolute atomic E-state index is 1.28. The van der Waals surface area contributed by atoms with E-state index in [4.69, 9.17) is 0 Å². The Labute approximate surface area is 104 Å². The van der Waals surface area contributed by atoms with Crippen molar-refractivity contribution in [3.63, 3.8) is 0 Å². The molecule has 0 aromatic carbocycles. The molecule has 0 saturated heterocycles. The first-order valence-electron chi connectivity index (χ1n) is 6.17. The maximum absolute atomic E-state index is 2.29. The fourth-order valence-electron chi connectivity index (χ4n) is 1.64. The Morgan fingerprint density at radius 2 is 1.29 bits per heavy atom. The molecule has 0 unspecified atom stereocenters. The average molecular weight is 308 g/mol. The molecule has 0 bridgehead atoms. The van der Waals surface area contributed by atoms with Gasteiger partial charge in [-0.1, -0.05) is 87.0 Å². The summed E-state index contributed by atoms with van der Waals surface area (Å²) < 4.78 is 2.13. The molecule has 0 aliphatic heterocycles. The van der Waals surface area contributed by atoms with E-state index in [9.17, 15) is 0 Å². The Bertz CT molecular complexity index is 118. The SMILES string of the molecule is CCCCCCCCCCCC=CI. The van der Waals surface area contributed by atoms with Crippen LogP contribution in [-0.2, 0) is 0 Å². The Kier molecular flexibility index (Phi) is 13.9. The quantitative estimate of drug-likeness (QED) is 0.350. The minimum atomic E-state index is 1.28. The van der Waals surface area contributed by atoms with Crippen molar-refractivity contribution in [3.05, 3.63) is 10.2 Å². The van der Waals surface area contributed by atoms with Gasteiger partial charge in [0.25, 0.3) is 0 Å². The minimum Gasteiger partial charge on any atom is -0.0785 e. The van der Waals surface area contributed by atoms with Gasteiger partial charge in [-0.15, -0.1) is 0 Å².